The number of ketones is 1. The number of primary sulfonamides is 1. The zero-order chi connectivity index (χ0) is 24.6. The number of benzene rings is 3. The summed E-state index contributed by atoms with van der Waals surface area (Å²) < 4.78 is 28.5. The molecule has 1 saturated heterocycles. The van der Waals surface area contributed by atoms with Crippen LogP contribution >= 0.6 is 11.6 Å². The summed E-state index contributed by atoms with van der Waals surface area (Å²) in [6.07, 6.45) is 0. The molecule has 0 bridgehead atoms. The summed E-state index contributed by atoms with van der Waals surface area (Å²) in [5, 5.41) is 16.7. The Bertz CT molecular complexity index is 1400. The first-order valence-corrected chi connectivity index (χ1v) is 11.9. The molecule has 10 heteroatoms. The molecule has 4 rings (SSSR count). The molecule has 0 aromatic heterocycles. The van der Waals surface area contributed by atoms with Crippen molar-refractivity contribution in [3.63, 3.8) is 0 Å². The van der Waals surface area contributed by atoms with E-state index in [0.29, 0.717) is 21.9 Å². The number of carbonyl (C=O) groups excluding carboxylic acids is 2. The molecule has 0 unspecified atom stereocenters. The Labute approximate surface area is 200 Å². The third kappa shape index (κ3) is 4.28. The highest BCUT2D eigenvalue weighted by molar-refractivity contribution is 7.89. The van der Waals surface area contributed by atoms with Crippen LogP contribution in [0.25, 0.3) is 5.76 Å². The Morgan fingerprint density at radius 3 is 2.09 bits per heavy atom. The highest BCUT2D eigenvalue weighted by atomic mass is 35.5. The fraction of sp³-hybridized carbons (Fsp3) is 0.0833. The van der Waals surface area contributed by atoms with Gasteiger partial charge in [-0.2, -0.15) is 0 Å². The van der Waals surface area contributed by atoms with E-state index in [4.69, 9.17) is 21.5 Å². The second kappa shape index (κ2) is 8.94. The van der Waals surface area contributed by atoms with Crippen LogP contribution in [0, 0.1) is 0 Å². The number of nitrogens with two attached hydrogens (primary N) is 1. The summed E-state index contributed by atoms with van der Waals surface area (Å²) in [6.45, 7) is 0. The zero-order valence-electron chi connectivity index (χ0n) is 17.8. The molecule has 1 heterocycles. The van der Waals surface area contributed by atoms with Crippen molar-refractivity contribution in [1.29, 1.82) is 0 Å². The van der Waals surface area contributed by atoms with Crippen LogP contribution in [-0.2, 0) is 19.6 Å². The van der Waals surface area contributed by atoms with Crippen molar-refractivity contribution in [2.45, 2.75) is 10.9 Å². The maximum absolute atomic E-state index is 13.1. The first-order valence-electron chi connectivity index (χ1n) is 9.95. The number of sulfonamides is 1. The number of Topliss-reactive ketones (excluding diaryl/α,β-unsaturated/α-hetero) is 1. The van der Waals surface area contributed by atoms with Gasteiger partial charge in [-0.3, -0.25) is 14.5 Å². The fourth-order valence-corrected chi connectivity index (χ4v) is 4.40. The van der Waals surface area contributed by atoms with Gasteiger partial charge in [-0.05, 0) is 66.2 Å². The predicted octanol–water partition coefficient (Wildman–Crippen LogP) is 3.62. The first kappa shape index (κ1) is 23.5. The second-order valence-electron chi connectivity index (χ2n) is 7.49. The lowest BCUT2D eigenvalue weighted by Crippen LogP contribution is -2.29. The van der Waals surface area contributed by atoms with E-state index < -0.39 is 27.8 Å². The maximum atomic E-state index is 13.1. The molecule has 1 aliphatic heterocycles. The molecule has 3 aromatic rings. The van der Waals surface area contributed by atoms with E-state index in [0.717, 1.165) is 0 Å². The lowest BCUT2D eigenvalue weighted by atomic mass is 9.95. The number of nitrogens with zero attached hydrogens (tertiary/aromatic N) is 1. The molecule has 0 spiro atoms. The molecular weight excluding hydrogens is 480 g/mol. The van der Waals surface area contributed by atoms with Crippen molar-refractivity contribution >= 4 is 44.8 Å². The summed E-state index contributed by atoms with van der Waals surface area (Å²) in [6, 6.07) is 17.1. The summed E-state index contributed by atoms with van der Waals surface area (Å²) in [7, 11) is -2.44. The van der Waals surface area contributed by atoms with E-state index in [1.807, 2.05) is 0 Å². The summed E-state index contributed by atoms with van der Waals surface area (Å²) >= 11 is 5.94. The average molecular weight is 499 g/mol. The quantitative estimate of drug-likeness (QED) is 0.314. The molecule has 3 aromatic carbocycles. The lowest BCUT2D eigenvalue weighted by Gasteiger charge is -2.25. The molecule has 8 nitrogen and oxygen atoms in total. The van der Waals surface area contributed by atoms with Crippen LogP contribution in [0.4, 0.5) is 5.69 Å². The maximum Gasteiger partial charge on any atom is 0.300 e. The molecule has 34 heavy (non-hydrogen) atoms. The molecule has 0 saturated carbocycles. The number of amides is 1. The van der Waals surface area contributed by atoms with Gasteiger partial charge in [0, 0.05) is 16.3 Å². The minimum atomic E-state index is -3.95. The van der Waals surface area contributed by atoms with Crippen molar-refractivity contribution in [2.75, 3.05) is 12.0 Å². The van der Waals surface area contributed by atoms with Crippen molar-refractivity contribution in [1.82, 2.24) is 0 Å². The number of halogens is 1. The van der Waals surface area contributed by atoms with Crippen molar-refractivity contribution in [2.24, 2.45) is 5.14 Å². The fourth-order valence-electron chi connectivity index (χ4n) is 3.76. The first-order chi connectivity index (χ1) is 16.1. The highest BCUT2D eigenvalue weighted by Crippen LogP contribution is 2.42. The van der Waals surface area contributed by atoms with Gasteiger partial charge in [0.25, 0.3) is 11.7 Å². The third-order valence-corrected chi connectivity index (χ3v) is 6.62. The molecule has 1 fully saturated rings. The lowest BCUT2D eigenvalue weighted by molar-refractivity contribution is -0.132. The minimum Gasteiger partial charge on any atom is -0.507 e. The molecule has 3 N–H and O–H groups in total. The second-order valence-corrected chi connectivity index (χ2v) is 9.49. The van der Waals surface area contributed by atoms with Crippen LogP contribution in [0.5, 0.6) is 5.75 Å². The van der Waals surface area contributed by atoms with Gasteiger partial charge >= 0.3 is 0 Å². The van der Waals surface area contributed by atoms with E-state index in [-0.39, 0.29) is 21.9 Å². The number of aliphatic hydroxyl groups excluding tert-OH is 1. The van der Waals surface area contributed by atoms with Crippen LogP contribution in [0.15, 0.2) is 83.3 Å². The van der Waals surface area contributed by atoms with Gasteiger partial charge in [-0.1, -0.05) is 23.7 Å². The monoisotopic (exact) mass is 498 g/mol. The SMILES string of the molecule is COc1ccc([C@@H]2C(=C(O)c3ccc(Cl)cc3)C(=O)C(=O)N2c2ccc(S(N)(=O)=O)cc2)cc1. The predicted molar refractivity (Wildman–Crippen MR) is 127 cm³/mol. The third-order valence-electron chi connectivity index (χ3n) is 5.44. The molecular formula is C24H19ClN2O6S. The van der Waals surface area contributed by atoms with E-state index in [1.54, 1.807) is 36.4 Å². The smallest absolute Gasteiger partial charge is 0.300 e. The van der Waals surface area contributed by atoms with Crippen molar-refractivity contribution < 1.29 is 27.9 Å². The van der Waals surface area contributed by atoms with E-state index >= 15 is 0 Å². The normalized spacial score (nSPS) is 17.7. The van der Waals surface area contributed by atoms with Gasteiger partial charge in [-0.25, -0.2) is 13.6 Å². The van der Waals surface area contributed by atoms with Gasteiger partial charge in [0.2, 0.25) is 10.0 Å². The summed E-state index contributed by atoms with van der Waals surface area (Å²) in [5.41, 5.74) is 0.981. The minimum absolute atomic E-state index is 0.118. The Balaban J connectivity index is 1.91. The number of aliphatic hydroxyl groups is 1. The zero-order valence-corrected chi connectivity index (χ0v) is 19.4. The highest BCUT2D eigenvalue weighted by Gasteiger charge is 2.47. The van der Waals surface area contributed by atoms with Crippen molar-refractivity contribution in [3.05, 3.63) is 94.5 Å². The summed E-state index contributed by atoms with van der Waals surface area (Å²) in [4.78, 5) is 27.3. The molecule has 1 amide bonds. The van der Waals surface area contributed by atoms with Gasteiger partial charge in [0.15, 0.2) is 0 Å². The molecule has 1 atom stereocenters. The van der Waals surface area contributed by atoms with Gasteiger partial charge in [0.05, 0.1) is 23.6 Å². The number of ether oxygens (including phenoxy) is 1. The Morgan fingerprint density at radius 1 is 0.971 bits per heavy atom. The van der Waals surface area contributed by atoms with Crippen LogP contribution in [0.2, 0.25) is 5.02 Å². The average Bonchev–Trinajstić information content (AvgIpc) is 3.09. The van der Waals surface area contributed by atoms with Crippen LogP contribution in [0.3, 0.4) is 0 Å². The largest absolute Gasteiger partial charge is 0.507 e. The Kier molecular flexibility index (Phi) is 6.18. The molecule has 0 aliphatic carbocycles. The molecule has 0 radical (unpaired) electrons. The van der Waals surface area contributed by atoms with Crippen LogP contribution < -0.4 is 14.8 Å². The number of hydrogen-bond donors (Lipinski definition) is 2. The number of carbonyl (C=O) groups is 2. The summed E-state index contributed by atoms with van der Waals surface area (Å²) in [5.74, 6) is -1.56. The van der Waals surface area contributed by atoms with E-state index in [9.17, 15) is 23.1 Å². The molecule has 1 aliphatic rings. The molecule has 174 valence electrons. The topological polar surface area (TPSA) is 127 Å². The van der Waals surface area contributed by atoms with Gasteiger partial charge < -0.3 is 9.84 Å². The van der Waals surface area contributed by atoms with E-state index in [2.05, 4.69) is 0 Å². The standard InChI is InChI=1S/C24H19ClN2O6S/c1-33-18-10-4-14(5-11-18)21-20(22(28)15-2-6-16(25)7-3-15)23(29)24(30)27(21)17-8-12-19(13-9-17)34(26,31)32/h2-13,21,28H,1H3,(H2,26,31,32)/t21-/m1/s1. The Hall–Kier alpha value is -3.66. The van der Waals surface area contributed by atoms with Crippen LogP contribution in [-0.4, -0.2) is 32.3 Å². The van der Waals surface area contributed by atoms with Crippen LogP contribution in [0.1, 0.15) is 17.2 Å². The van der Waals surface area contributed by atoms with Crippen molar-refractivity contribution in [3.8, 4) is 5.75 Å². The Morgan fingerprint density at radius 2 is 1.56 bits per heavy atom. The van der Waals surface area contributed by atoms with Gasteiger partial charge in [-0.15, -0.1) is 0 Å². The number of hydrogen-bond acceptors (Lipinski definition) is 6. The van der Waals surface area contributed by atoms with E-state index in [1.165, 1.54) is 48.4 Å². The number of anilines is 1. The number of methoxy groups -OCH3 is 1. The van der Waals surface area contributed by atoms with Gasteiger partial charge in [0.1, 0.15) is 11.5 Å². The number of rotatable bonds is 5.